The van der Waals surface area contributed by atoms with Gasteiger partial charge in [-0.25, -0.2) is 4.79 Å². The summed E-state index contributed by atoms with van der Waals surface area (Å²) in [6.07, 6.45) is 0.726. The van der Waals surface area contributed by atoms with Gasteiger partial charge in [-0.1, -0.05) is 12.1 Å². The number of methoxy groups -OCH3 is 3. The molecule has 0 heterocycles. The Kier molecular flexibility index (Phi) is 6.65. The highest BCUT2D eigenvalue weighted by Gasteiger charge is 2.12. The lowest BCUT2D eigenvalue weighted by Gasteiger charge is -2.15. The van der Waals surface area contributed by atoms with E-state index in [0.29, 0.717) is 12.3 Å². The van der Waals surface area contributed by atoms with Gasteiger partial charge in [0.05, 0.1) is 26.9 Å². The quantitative estimate of drug-likeness (QED) is 0.681. The Hall–Kier alpha value is -2.73. The maximum atomic E-state index is 10.8. The van der Waals surface area contributed by atoms with Crippen molar-refractivity contribution in [2.45, 2.75) is 13.0 Å². The van der Waals surface area contributed by atoms with E-state index in [-0.39, 0.29) is 5.56 Å². The fourth-order valence-corrected chi connectivity index (χ4v) is 2.54. The SMILES string of the molecule is COc1cc(OC)c(CCNCc2ccc(C(=O)O)cc2)c(OC)c1. The van der Waals surface area contributed by atoms with Crippen molar-refractivity contribution < 1.29 is 24.1 Å². The summed E-state index contributed by atoms with van der Waals surface area (Å²) in [5.41, 5.74) is 2.29. The summed E-state index contributed by atoms with van der Waals surface area (Å²) in [5.74, 6) is 1.22. The minimum Gasteiger partial charge on any atom is -0.496 e. The highest BCUT2D eigenvalue weighted by Crippen LogP contribution is 2.34. The molecule has 0 amide bonds. The minimum atomic E-state index is -0.918. The molecule has 0 spiro atoms. The second-order valence-corrected chi connectivity index (χ2v) is 5.44. The molecule has 6 nitrogen and oxygen atoms in total. The van der Waals surface area contributed by atoms with Crippen LogP contribution in [-0.4, -0.2) is 38.9 Å². The Morgan fingerprint density at radius 3 is 2.08 bits per heavy atom. The Morgan fingerprint density at radius 2 is 1.60 bits per heavy atom. The van der Waals surface area contributed by atoms with E-state index in [1.165, 1.54) is 0 Å². The van der Waals surface area contributed by atoms with E-state index in [1.54, 1.807) is 33.5 Å². The van der Waals surface area contributed by atoms with Crippen LogP contribution >= 0.6 is 0 Å². The zero-order valence-corrected chi connectivity index (χ0v) is 14.7. The maximum absolute atomic E-state index is 10.8. The molecule has 0 unspecified atom stereocenters. The molecule has 2 aromatic carbocycles. The van der Waals surface area contributed by atoms with Gasteiger partial charge in [0, 0.05) is 24.2 Å². The van der Waals surface area contributed by atoms with E-state index in [2.05, 4.69) is 5.32 Å². The number of carboxylic acid groups (broad SMARTS) is 1. The Labute approximate surface area is 147 Å². The number of benzene rings is 2. The number of hydrogen-bond acceptors (Lipinski definition) is 5. The lowest BCUT2D eigenvalue weighted by Crippen LogP contribution is -2.17. The Morgan fingerprint density at radius 1 is 1.00 bits per heavy atom. The molecule has 0 saturated carbocycles. The first-order valence-electron chi connectivity index (χ1n) is 7.91. The second kappa shape index (κ2) is 8.94. The molecule has 0 bridgehead atoms. The summed E-state index contributed by atoms with van der Waals surface area (Å²) in [4.78, 5) is 10.8. The highest BCUT2D eigenvalue weighted by molar-refractivity contribution is 5.87. The van der Waals surface area contributed by atoms with E-state index < -0.39 is 5.97 Å². The molecule has 6 heteroatoms. The number of nitrogens with one attached hydrogen (secondary N) is 1. The predicted molar refractivity (Wildman–Crippen MR) is 94.9 cm³/mol. The summed E-state index contributed by atoms with van der Waals surface area (Å²) in [6, 6.07) is 10.5. The number of hydrogen-bond donors (Lipinski definition) is 2. The maximum Gasteiger partial charge on any atom is 0.335 e. The number of aromatic carboxylic acids is 1. The fraction of sp³-hybridized carbons (Fsp3) is 0.316. The van der Waals surface area contributed by atoms with E-state index in [0.717, 1.165) is 35.6 Å². The molecule has 2 aromatic rings. The zero-order chi connectivity index (χ0) is 18.2. The topological polar surface area (TPSA) is 77.0 Å². The van der Waals surface area contributed by atoms with Crippen molar-refractivity contribution in [2.75, 3.05) is 27.9 Å². The van der Waals surface area contributed by atoms with E-state index >= 15 is 0 Å². The van der Waals surface area contributed by atoms with Gasteiger partial charge in [0.1, 0.15) is 17.2 Å². The molecular weight excluding hydrogens is 322 g/mol. The van der Waals surface area contributed by atoms with Gasteiger partial charge in [-0.15, -0.1) is 0 Å². The lowest BCUT2D eigenvalue weighted by molar-refractivity contribution is 0.0697. The Balaban J connectivity index is 1.96. The molecule has 0 fully saturated rings. The average Bonchev–Trinajstić information content (AvgIpc) is 2.65. The van der Waals surface area contributed by atoms with Gasteiger partial charge in [0.2, 0.25) is 0 Å². The van der Waals surface area contributed by atoms with Gasteiger partial charge >= 0.3 is 5.97 Å². The molecule has 0 radical (unpaired) electrons. The molecule has 0 atom stereocenters. The molecular formula is C19H23NO5. The van der Waals surface area contributed by atoms with Gasteiger partial charge in [-0.05, 0) is 30.7 Å². The van der Waals surface area contributed by atoms with Crippen molar-refractivity contribution in [1.29, 1.82) is 0 Å². The van der Waals surface area contributed by atoms with Crippen LogP contribution in [0.5, 0.6) is 17.2 Å². The molecule has 0 aliphatic rings. The van der Waals surface area contributed by atoms with Crippen LogP contribution in [-0.2, 0) is 13.0 Å². The summed E-state index contributed by atoms with van der Waals surface area (Å²) in [6.45, 7) is 1.38. The summed E-state index contributed by atoms with van der Waals surface area (Å²) >= 11 is 0. The zero-order valence-electron chi connectivity index (χ0n) is 14.7. The summed E-state index contributed by atoms with van der Waals surface area (Å²) < 4.78 is 16.1. The third-order valence-corrected chi connectivity index (χ3v) is 3.90. The van der Waals surface area contributed by atoms with Crippen LogP contribution in [0.4, 0.5) is 0 Å². The van der Waals surface area contributed by atoms with Gasteiger partial charge < -0.3 is 24.6 Å². The van der Waals surface area contributed by atoms with E-state index in [4.69, 9.17) is 19.3 Å². The number of ether oxygens (including phenoxy) is 3. The summed E-state index contributed by atoms with van der Waals surface area (Å²) in [5, 5.41) is 12.2. The number of carbonyl (C=O) groups is 1. The van der Waals surface area contributed by atoms with Crippen molar-refractivity contribution >= 4 is 5.97 Å². The number of carboxylic acids is 1. The molecule has 0 aliphatic carbocycles. The molecule has 2 N–H and O–H groups in total. The van der Waals surface area contributed by atoms with Gasteiger partial charge in [-0.3, -0.25) is 0 Å². The van der Waals surface area contributed by atoms with Gasteiger partial charge in [0.25, 0.3) is 0 Å². The first-order chi connectivity index (χ1) is 12.1. The molecule has 134 valence electrons. The fourth-order valence-electron chi connectivity index (χ4n) is 2.54. The number of rotatable bonds is 9. The van der Waals surface area contributed by atoms with Gasteiger partial charge in [-0.2, -0.15) is 0 Å². The second-order valence-electron chi connectivity index (χ2n) is 5.44. The van der Waals surface area contributed by atoms with Crippen LogP contribution in [0, 0.1) is 0 Å². The first kappa shape index (κ1) is 18.6. The van der Waals surface area contributed by atoms with Crippen molar-refractivity contribution in [1.82, 2.24) is 5.32 Å². The molecule has 2 rings (SSSR count). The van der Waals surface area contributed by atoms with Crippen molar-refractivity contribution in [3.05, 3.63) is 53.1 Å². The van der Waals surface area contributed by atoms with Crippen molar-refractivity contribution in [3.63, 3.8) is 0 Å². The van der Waals surface area contributed by atoms with Crippen molar-refractivity contribution in [3.8, 4) is 17.2 Å². The van der Waals surface area contributed by atoms with Gasteiger partial charge in [0.15, 0.2) is 0 Å². The first-order valence-corrected chi connectivity index (χ1v) is 7.91. The van der Waals surface area contributed by atoms with E-state index in [1.807, 2.05) is 24.3 Å². The highest BCUT2D eigenvalue weighted by atomic mass is 16.5. The monoisotopic (exact) mass is 345 g/mol. The van der Waals surface area contributed by atoms with Crippen LogP contribution in [0.25, 0.3) is 0 Å². The van der Waals surface area contributed by atoms with Crippen molar-refractivity contribution in [2.24, 2.45) is 0 Å². The van der Waals surface area contributed by atoms with Crippen LogP contribution < -0.4 is 19.5 Å². The normalized spacial score (nSPS) is 10.4. The molecule has 0 saturated heterocycles. The van der Waals surface area contributed by atoms with Crippen LogP contribution in [0.2, 0.25) is 0 Å². The van der Waals surface area contributed by atoms with Crippen LogP contribution in [0.1, 0.15) is 21.5 Å². The lowest BCUT2D eigenvalue weighted by atomic mass is 10.1. The Bertz CT molecular complexity index is 687. The third kappa shape index (κ3) is 4.87. The minimum absolute atomic E-state index is 0.288. The van der Waals surface area contributed by atoms with Crippen LogP contribution in [0.3, 0.4) is 0 Å². The largest absolute Gasteiger partial charge is 0.496 e. The molecule has 25 heavy (non-hydrogen) atoms. The molecule has 0 aromatic heterocycles. The standard InChI is InChI=1S/C19H23NO5/c1-23-15-10-17(24-2)16(18(11-15)25-3)8-9-20-12-13-4-6-14(7-5-13)19(21)22/h4-7,10-11,20H,8-9,12H2,1-3H3,(H,21,22). The predicted octanol–water partition coefficient (Wildman–Crippen LogP) is 2.74. The molecule has 0 aliphatic heterocycles. The smallest absolute Gasteiger partial charge is 0.335 e. The van der Waals surface area contributed by atoms with Crippen LogP contribution in [0.15, 0.2) is 36.4 Å². The average molecular weight is 345 g/mol. The van der Waals surface area contributed by atoms with E-state index in [9.17, 15) is 4.79 Å². The third-order valence-electron chi connectivity index (χ3n) is 3.90. The summed E-state index contributed by atoms with van der Waals surface area (Å²) in [7, 11) is 4.84.